The molecular formula is C13H21BrN2O. The van der Waals surface area contributed by atoms with Crippen LogP contribution in [0.25, 0.3) is 0 Å². The molecule has 0 amide bonds. The summed E-state index contributed by atoms with van der Waals surface area (Å²) in [4.78, 5) is 2.36. The summed E-state index contributed by atoms with van der Waals surface area (Å²) in [7, 11) is 1.68. The van der Waals surface area contributed by atoms with Gasteiger partial charge in [-0.3, -0.25) is 4.90 Å². The van der Waals surface area contributed by atoms with Crippen LogP contribution in [0.15, 0.2) is 22.7 Å². The predicted octanol–water partition coefficient (Wildman–Crippen LogP) is 2.63. The molecule has 3 nitrogen and oxygen atoms in total. The van der Waals surface area contributed by atoms with E-state index in [1.54, 1.807) is 7.11 Å². The Bertz CT molecular complexity index is 355. The SMILES string of the molecule is COc1ccc(CN(CCN)C(C)C)cc1Br. The van der Waals surface area contributed by atoms with Gasteiger partial charge in [-0.25, -0.2) is 0 Å². The highest BCUT2D eigenvalue weighted by atomic mass is 79.9. The van der Waals surface area contributed by atoms with Crippen LogP contribution < -0.4 is 10.5 Å². The van der Waals surface area contributed by atoms with Gasteiger partial charge in [0.2, 0.25) is 0 Å². The molecule has 4 heteroatoms. The van der Waals surface area contributed by atoms with Gasteiger partial charge in [0.25, 0.3) is 0 Å². The Morgan fingerprint density at radius 3 is 2.59 bits per heavy atom. The molecule has 0 heterocycles. The quantitative estimate of drug-likeness (QED) is 0.878. The van der Waals surface area contributed by atoms with Crippen molar-refractivity contribution in [3.8, 4) is 5.75 Å². The number of rotatable bonds is 6. The number of hydrogen-bond donors (Lipinski definition) is 1. The molecule has 0 aliphatic carbocycles. The molecule has 0 unspecified atom stereocenters. The molecular weight excluding hydrogens is 280 g/mol. The molecule has 1 aromatic carbocycles. The van der Waals surface area contributed by atoms with Crippen LogP contribution in [0.4, 0.5) is 0 Å². The normalized spacial score (nSPS) is 11.2. The fraction of sp³-hybridized carbons (Fsp3) is 0.538. The number of methoxy groups -OCH3 is 1. The summed E-state index contributed by atoms with van der Waals surface area (Å²) >= 11 is 3.51. The minimum Gasteiger partial charge on any atom is -0.496 e. The molecule has 0 atom stereocenters. The Morgan fingerprint density at radius 2 is 2.12 bits per heavy atom. The minimum atomic E-state index is 0.499. The van der Waals surface area contributed by atoms with Crippen molar-refractivity contribution in [3.05, 3.63) is 28.2 Å². The van der Waals surface area contributed by atoms with E-state index in [2.05, 4.69) is 46.8 Å². The Hall–Kier alpha value is -0.580. The summed E-state index contributed by atoms with van der Waals surface area (Å²) in [6, 6.07) is 6.68. The van der Waals surface area contributed by atoms with Crippen molar-refractivity contribution in [1.29, 1.82) is 0 Å². The van der Waals surface area contributed by atoms with Crippen LogP contribution in [-0.4, -0.2) is 31.1 Å². The van der Waals surface area contributed by atoms with Gasteiger partial charge in [-0.15, -0.1) is 0 Å². The van der Waals surface area contributed by atoms with Crippen LogP contribution in [0.1, 0.15) is 19.4 Å². The van der Waals surface area contributed by atoms with Crippen molar-refractivity contribution in [2.24, 2.45) is 5.73 Å². The van der Waals surface area contributed by atoms with Gasteiger partial charge in [-0.1, -0.05) is 6.07 Å². The molecule has 0 aliphatic heterocycles. The number of hydrogen-bond acceptors (Lipinski definition) is 3. The van der Waals surface area contributed by atoms with Gasteiger partial charge in [0.1, 0.15) is 5.75 Å². The number of benzene rings is 1. The van der Waals surface area contributed by atoms with Crippen LogP contribution >= 0.6 is 15.9 Å². The molecule has 1 aromatic rings. The Kier molecular flexibility index (Phi) is 5.95. The molecule has 0 spiro atoms. The van der Waals surface area contributed by atoms with E-state index >= 15 is 0 Å². The molecule has 0 saturated carbocycles. The number of halogens is 1. The maximum absolute atomic E-state index is 5.63. The lowest BCUT2D eigenvalue weighted by Gasteiger charge is -2.26. The fourth-order valence-corrected chi connectivity index (χ4v) is 2.32. The van der Waals surface area contributed by atoms with Gasteiger partial charge in [0, 0.05) is 25.7 Å². The average Bonchev–Trinajstić information content (AvgIpc) is 2.28. The second kappa shape index (κ2) is 6.99. The van der Waals surface area contributed by atoms with Crippen molar-refractivity contribution >= 4 is 15.9 Å². The summed E-state index contributed by atoms with van der Waals surface area (Å²) in [6.07, 6.45) is 0. The summed E-state index contributed by atoms with van der Waals surface area (Å²) in [5.41, 5.74) is 6.89. The van der Waals surface area contributed by atoms with Gasteiger partial charge in [0.15, 0.2) is 0 Å². The van der Waals surface area contributed by atoms with Crippen molar-refractivity contribution in [1.82, 2.24) is 4.90 Å². The number of ether oxygens (including phenoxy) is 1. The molecule has 0 fully saturated rings. The average molecular weight is 301 g/mol. The molecule has 0 aromatic heterocycles. The van der Waals surface area contributed by atoms with E-state index < -0.39 is 0 Å². The zero-order valence-corrected chi connectivity index (χ0v) is 12.3. The number of nitrogens with two attached hydrogens (primary N) is 1. The molecule has 96 valence electrons. The largest absolute Gasteiger partial charge is 0.496 e. The smallest absolute Gasteiger partial charge is 0.133 e. The summed E-state index contributed by atoms with van der Waals surface area (Å²) in [6.45, 7) is 6.90. The van der Waals surface area contributed by atoms with E-state index in [1.807, 2.05) is 6.07 Å². The van der Waals surface area contributed by atoms with Crippen LogP contribution in [0.5, 0.6) is 5.75 Å². The standard InChI is InChI=1S/C13H21BrN2O/c1-10(2)16(7-6-15)9-11-4-5-13(17-3)12(14)8-11/h4-5,8,10H,6-7,9,15H2,1-3H3. The molecule has 0 saturated heterocycles. The van der Waals surface area contributed by atoms with Crippen LogP contribution in [0.2, 0.25) is 0 Å². The zero-order chi connectivity index (χ0) is 12.8. The highest BCUT2D eigenvalue weighted by Gasteiger charge is 2.10. The van der Waals surface area contributed by atoms with Gasteiger partial charge < -0.3 is 10.5 Å². The summed E-state index contributed by atoms with van der Waals surface area (Å²) in [5, 5.41) is 0. The first-order valence-electron chi connectivity index (χ1n) is 5.85. The molecule has 2 N–H and O–H groups in total. The van der Waals surface area contributed by atoms with Crippen LogP contribution in [-0.2, 0) is 6.54 Å². The lowest BCUT2D eigenvalue weighted by molar-refractivity contribution is 0.219. The Labute approximate surface area is 112 Å². The van der Waals surface area contributed by atoms with Gasteiger partial charge in [0.05, 0.1) is 11.6 Å². The zero-order valence-electron chi connectivity index (χ0n) is 10.7. The third kappa shape index (κ3) is 4.30. The van der Waals surface area contributed by atoms with E-state index in [-0.39, 0.29) is 0 Å². The summed E-state index contributed by atoms with van der Waals surface area (Å²) < 4.78 is 6.21. The second-order valence-corrected chi connectivity index (χ2v) is 5.18. The third-order valence-corrected chi connectivity index (χ3v) is 3.37. The van der Waals surface area contributed by atoms with Gasteiger partial charge in [-0.2, -0.15) is 0 Å². The monoisotopic (exact) mass is 300 g/mol. The molecule has 0 aliphatic rings. The lowest BCUT2D eigenvalue weighted by atomic mass is 10.2. The second-order valence-electron chi connectivity index (χ2n) is 4.32. The minimum absolute atomic E-state index is 0.499. The topological polar surface area (TPSA) is 38.5 Å². The molecule has 1 rings (SSSR count). The fourth-order valence-electron chi connectivity index (χ4n) is 1.73. The Morgan fingerprint density at radius 1 is 1.41 bits per heavy atom. The molecule has 0 radical (unpaired) electrons. The molecule has 17 heavy (non-hydrogen) atoms. The van der Waals surface area contributed by atoms with Crippen LogP contribution in [0.3, 0.4) is 0 Å². The predicted molar refractivity (Wildman–Crippen MR) is 75.3 cm³/mol. The van der Waals surface area contributed by atoms with Gasteiger partial charge in [-0.05, 0) is 47.5 Å². The molecule has 0 bridgehead atoms. The van der Waals surface area contributed by atoms with E-state index in [0.29, 0.717) is 12.6 Å². The van der Waals surface area contributed by atoms with E-state index in [4.69, 9.17) is 10.5 Å². The third-order valence-electron chi connectivity index (χ3n) is 2.75. The van der Waals surface area contributed by atoms with E-state index in [1.165, 1.54) is 5.56 Å². The maximum atomic E-state index is 5.63. The first kappa shape index (κ1) is 14.5. The van der Waals surface area contributed by atoms with Crippen molar-refractivity contribution < 1.29 is 4.74 Å². The highest BCUT2D eigenvalue weighted by Crippen LogP contribution is 2.26. The van der Waals surface area contributed by atoms with Crippen LogP contribution in [0, 0.1) is 0 Å². The van der Waals surface area contributed by atoms with Crippen molar-refractivity contribution in [3.63, 3.8) is 0 Å². The van der Waals surface area contributed by atoms with E-state index in [9.17, 15) is 0 Å². The first-order chi connectivity index (χ1) is 8.08. The van der Waals surface area contributed by atoms with Gasteiger partial charge >= 0.3 is 0 Å². The van der Waals surface area contributed by atoms with E-state index in [0.717, 1.165) is 23.3 Å². The number of nitrogens with zero attached hydrogens (tertiary/aromatic N) is 1. The first-order valence-corrected chi connectivity index (χ1v) is 6.64. The lowest BCUT2D eigenvalue weighted by Crippen LogP contribution is -2.34. The maximum Gasteiger partial charge on any atom is 0.133 e. The summed E-state index contributed by atoms with van der Waals surface area (Å²) in [5.74, 6) is 0.865. The van der Waals surface area contributed by atoms with Crippen molar-refractivity contribution in [2.75, 3.05) is 20.2 Å². The van der Waals surface area contributed by atoms with Crippen molar-refractivity contribution in [2.45, 2.75) is 26.4 Å². The highest BCUT2D eigenvalue weighted by molar-refractivity contribution is 9.10. The Balaban J connectivity index is 2.76.